The molecule has 0 radical (unpaired) electrons. The third-order valence-electron chi connectivity index (χ3n) is 4.30. The van der Waals surface area contributed by atoms with Gasteiger partial charge in [0.2, 0.25) is 0 Å². The second-order valence-electron chi connectivity index (χ2n) is 5.87. The van der Waals surface area contributed by atoms with E-state index in [0.29, 0.717) is 0 Å². The molecule has 2 aliphatic rings. The Morgan fingerprint density at radius 2 is 0.933 bits per heavy atom. The fourth-order valence-electron chi connectivity index (χ4n) is 1.82. The summed E-state index contributed by atoms with van der Waals surface area (Å²) in [5, 5.41) is 0. The van der Waals surface area contributed by atoms with E-state index in [4.69, 9.17) is 0 Å². The Morgan fingerprint density at radius 3 is 1.00 bits per heavy atom. The van der Waals surface area contributed by atoms with E-state index in [1.807, 2.05) is 0 Å². The van der Waals surface area contributed by atoms with Crippen LogP contribution in [-0.4, -0.2) is 0 Å². The van der Waals surface area contributed by atoms with Crippen LogP contribution in [0.15, 0.2) is 0 Å². The predicted molar refractivity (Wildman–Crippen MR) is 71.1 cm³/mol. The zero-order chi connectivity index (χ0) is 10.6. The molecule has 2 saturated carbocycles. The summed E-state index contributed by atoms with van der Waals surface area (Å²) in [6.45, 7) is 8.96. The first-order valence-corrected chi connectivity index (χ1v) is 6.61. The van der Waals surface area contributed by atoms with Crippen LogP contribution < -0.4 is 0 Å². The smallest absolute Gasteiger partial charge is 0.0386 e. The van der Waals surface area contributed by atoms with Gasteiger partial charge in [0.05, 0.1) is 0 Å². The van der Waals surface area contributed by atoms with Gasteiger partial charge in [-0.15, -0.1) is 0 Å². The lowest BCUT2D eigenvalue weighted by atomic mass is 9.67. The van der Waals surface area contributed by atoms with Gasteiger partial charge in [0.25, 0.3) is 0 Å². The van der Waals surface area contributed by atoms with Crippen LogP contribution in [0.4, 0.5) is 0 Å². The summed E-state index contributed by atoms with van der Waals surface area (Å²) in [4.78, 5) is 0. The summed E-state index contributed by atoms with van der Waals surface area (Å²) >= 11 is 0. The van der Waals surface area contributed by atoms with Gasteiger partial charge < -0.3 is 0 Å². The fourth-order valence-corrected chi connectivity index (χ4v) is 1.82. The second kappa shape index (κ2) is 7.30. The van der Waals surface area contributed by atoms with Crippen molar-refractivity contribution in [3.63, 3.8) is 0 Å². The minimum atomic E-state index is 0. The Balaban J connectivity index is 0.000000258. The van der Waals surface area contributed by atoms with Gasteiger partial charge in [-0.05, 0) is 23.7 Å². The number of rotatable bonds is 2. The highest BCUT2D eigenvalue weighted by molar-refractivity contribution is 4.82. The van der Waals surface area contributed by atoms with Gasteiger partial charge >= 0.3 is 0 Å². The molecule has 0 aromatic rings. The van der Waals surface area contributed by atoms with Crippen molar-refractivity contribution in [2.45, 2.75) is 73.6 Å². The van der Waals surface area contributed by atoms with Crippen molar-refractivity contribution in [1.29, 1.82) is 0 Å². The van der Waals surface area contributed by atoms with Crippen LogP contribution in [0.2, 0.25) is 0 Å². The minimum absolute atomic E-state index is 0. The van der Waals surface area contributed by atoms with Gasteiger partial charge in [0, 0.05) is 0 Å². The maximum atomic E-state index is 2.24. The average molecular weight is 212 g/mol. The Hall–Kier alpha value is 0. The van der Waals surface area contributed by atoms with E-state index < -0.39 is 0 Å². The maximum absolute atomic E-state index is 2.24. The molecule has 0 bridgehead atoms. The molecule has 0 nitrogen and oxygen atoms in total. The van der Waals surface area contributed by atoms with E-state index in [9.17, 15) is 0 Å². The van der Waals surface area contributed by atoms with Crippen LogP contribution in [0.1, 0.15) is 73.6 Å². The van der Waals surface area contributed by atoms with Crippen molar-refractivity contribution in [3.8, 4) is 0 Å². The minimum Gasteiger partial charge on any atom is -0.0776 e. The first-order chi connectivity index (χ1) is 6.61. The zero-order valence-electron chi connectivity index (χ0n) is 10.6. The highest BCUT2D eigenvalue weighted by Gasteiger charge is 2.30. The molecule has 0 amide bonds. The van der Waals surface area contributed by atoms with Gasteiger partial charge in [0.1, 0.15) is 0 Å². The third-order valence-corrected chi connectivity index (χ3v) is 4.30. The lowest BCUT2D eigenvalue weighted by molar-refractivity contribution is 0.129. The van der Waals surface area contributed by atoms with E-state index in [0.717, 1.165) is 11.8 Å². The lowest BCUT2D eigenvalue weighted by Crippen LogP contribution is -2.26. The molecule has 2 aliphatic carbocycles. The Morgan fingerprint density at radius 1 is 0.667 bits per heavy atom. The van der Waals surface area contributed by atoms with E-state index in [2.05, 4.69) is 27.7 Å². The summed E-state index contributed by atoms with van der Waals surface area (Å²) < 4.78 is 0. The average Bonchev–Trinajstić information content (AvgIpc) is 1.94. The SMILES string of the molecule is C.C1CC(C2CCC2)C1.CC(C)C(C)C. The zero-order valence-corrected chi connectivity index (χ0v) is 10.6. The van der Waals surface area contributed by atoms with Crippen molar-refractivity contribution in [2.75, 3.05) is 0 Å². The Bertz CT molecular complexity index is 120. The monoisotopic (exact) mass is 212 g/mol. The van der Waals surface area contributed by atoms with Gasteiger partial charge in [-0.1, -0.05) is 73.6 Å². The molecule has 0 spiro atoms. The van der Waals surface area contributed by atoms with E-state index in [1.165, 1.54) is 24.7 Å². The molecule has 2 rings (SSSR count). The van der Waals surface area contributed by atoms with Crippen molar-refractivity contribution >= 4 is 0 Å². The second-order valence-corrected chi connectivity index (χ2v) is 5.87. The molecule has 0 N–H and O–H groups in total. The summed E-state index contributed by atoms with van der Waals surface area (Å²) in [5.41, 5.74) is 0. The highest BCUT2D eigenvalue weighted by atomic mass is 14.4. The highest BCUT2D eigenvalue weighted by Crippen LogP contribution is 2.43. The van der Waals surface area contributed by atoms with Crippen LogP contribution in [0, 0.1) is 23.7 Å². The molecule has 0 heteroatoms. The molecule has 0 aliphatic heterocycles. The first-order valence-electron chi connectivity index (χ1n) is 6.61. The van der Waals surface area contributed by atoms with Crippen molar-refractivity contribution in [1.82, 2.24) is 0 Å². The molecular weight excluding hydrogens is 180 g/mol. The Labute approximate surface area is 97.8 Å². The standard InChI is InChI=1S/C8H14.C6H14.CH4/c1-3-7(4-1)8-5-2-6-8;1-5(2)6(3)4;/h7-8H,1-6H2;5-6H,1-4H3;1H4. The third kappa shape index (κ3) is 5.04. The molecule has 0 heterocycles. The molecular formula is C15H32. The van der Waals surface area contributed by atoms with Gasteiger partial charge in [-0.25, -0.2) is 0 Å². The van der Waals surface area contributed by atoms with Gasteiger partial charge in [0.15, 0.2) is 0 Å². The quantitative estimate of drug-likeness (QED) is 0.565. The van der Waals surface area contributed by atoms with Crippen molar-refractivity contribution in [3.05, 3.63) is 0 Å². The van der Waals surface area contributed by atoms with Gasteiger partial charge in [-0.2, -0.15) is 0 Å². The van der Waals surface area contributed by atoms with E-state index >= 15 is 0 Å². The molecule has 92 valence electrons. The Kier molecular flexibility index (Phi) is 7.30. The molecule has 0 atom stereocenters. The van der Waals surface area contributed by atoms with Crippen LogP contribution in [0.3, 0.4) is 0 Å². The normalized spacial score (nSPS) is 21.2. The lowest BCUT2D eigenvalue weighted by Gasteiger charge is -2.39. The molecule has 0 saturated heterocycles. The summed E-state index contributed by atoms with van der Waals surface area (Å²) in [6.07, 6.45) is 9.30. The number of hydrogen-bond acceptors (Lipinski definition) is 0. The number of hydrogen-bond donors (Lipinski definition) is 0. The summed E-state index contributed by atoms with van der Waals surface area (Å²) in [5.74, 6) is 4.07. The fraction of sp³-hybridized carbons (Fsp3) is 1.00. The van der Waals surface area contributed by atoms with Crippen LogP contribution in [-0.2, 0) is 0 Å². The largest absolute Gasteiger partial charge is 0.0776 e. The van der Waals surface area contributed by atoms with Crippen LogP contribution in [0.5, 0.6) is 0 Å². The molecule has 2 fully saturated rings. The maximum Gasteiger partial charge on any atom is -0.0386 e. The summed E-state index contributed by atoms with van der Waals surface area (Å²) in [7, 11) is 0. The van der Waals surface area contributed by atoms with E-state index in [-0.39, 0.29) is 7.43 Å². The summed E-state index contributed by atoms with van der Waals surface area (Å²) in [6, 6.07) is 0. The van der Waals surface area contributed by atoms with Crippen LogP contribution >= 0.6 is 0 Å². The topological polar surface area (TPSA) is 0 Å². The van der Waals surface area contributed by atoms with Gasteiger partial charge in [-0.3, -0.25) is 0 Å². The molecule has 0 aromatic carbocycles. The van der Waals surface area contributed by atoms with E-state index in [1.54, 1.807) is 25.7 Å². The van der Waals surface area contributed by atoms with Crippen molar-refractivity contribution < 1.29 is 0 Å². The molecule has 15 heavy (non-hydrogen) atoms. The van der Waals surface area contributed by atoms with Crippen molar-refractivity contribution in [2.24, 2.45) is 23.7 Å². The molecule has 0 unspecified atom stereocenters. The molecule has 0 aromatic heterocycles. The first kappa shape index (κ1) is 15.0. The predicted octanol–water partition coefficient (Wildman–Crippen LogP) is 5.52. The van der Waals surface area contributed by atoms with Crippen LogP contribution in [0.25, 0.3) is 0 Å².